The van der Waals surface area contributed by atoms with Gasteiger partial charge in [0.15, 0.2) is 22.1 Å². The number of aryl methyl sites for hydroxylation is 3. The Balaban J connectivity index is 1.97. The molecule has 4 rings (SSSR count). The number of hydrogen-bond acceptors (Lipinski definition) is 5. The number of imidazole rings is 1. The van der Waals surface area contributed by atoms with E-state index in [9.17, 15) is 10.2 Å². The number of aromatic nitrogens is 5. The van der Waals surface area contributed by atoms with Crippen LogP contribution in [0, 0.1) is 11.7 Å². The van der Waals surface area contributed by atoms with Gasteiger partial charge in [-0.25, -0.2) is 4.98 Å². The van der Waals surface area contributed by atoms with Gasteiger partial charge >= 0.3 is 0 Å². The van der Waals surface area contributed by atoms with Gasteiger partial charge in [0.05, 0.1) is 22.3 Å². The van der Waals surface area contributed by atoms with Crippen molar-refractivity contribution in [3.63, 3.8) is 0 Å². The minimum Gasteiger partial charge on any atom is -0.504 e. The fraction of sp³-hybridized carbons (Fsp3) is 0.250. The van der Waals surface area contributed by atoms with Gasteiger partial charge in [0.25, 0.3) is 0 Å². The molecule has 0 atom stereocenters. The lowest BCUT2D eigenvalue weighted by Crippen LogP contribution is -2.00. The van der Waals surface area contributed by atoms with Crippen molar-refractivity contribution in [3.8, 4) is 28.6 Å². The van der Waals surface area contributed by atoms with Gasteiger partial charge in [-0.2, -0.15) is 5.10 Å². The molecule has 3 N–H and O–H groups in total. The Kier molecular flexibility index (Phi) is 4.43. The zero-order valence-corrected chi connectivity index (χ0v) is 16.7. The molecule has 0 spiro atoms. The van der Waals surface area contributed by atoms with Crippen LogP contribution in [0.15, 0.2) is 30.3 Å². The predicted molar refractivity (Wildman–Crippen MR) is 111 cm³/mol. The number of hydrogen-bond donors (Lipinski definition) is 3. The summed E-state index contributed by atoms with van der Waals surface area (Å²) >= 11 is 5.46. The van der Waals surface area contributed by atoms with Crippen LogP contribution in [-0.4, -0.2) is 34.5 Å². The van der Waals surface area contributed by atoms with Gasteiger partial charge in [-0.15, -0.1) is 0 Å². The summed E-state index contributed by atoms with van der Waals surface area (Å²) in [6.07, 6.45) is 0.715. The fourth-order valence-corrected chi connectivity index (χ4v) is 3.78. The van der Waals surface area contributed by atoms with E-state index in [2.05, 4.69) is 26.7 Å². The van der Waals surface area contributed by atoms with E-state index in [0.29, 0.717) is 22.6 Å². The maximum Gasteiger partial charge on any atom is 0.200 e. The lowest BCUT2D eigenvalue weighted by molar-refractivity contribution is 0.404. The summed E-state index contributed by atoms with van der Waals surface area (Å²) in [6, 6.07) is 9.25. The summed E-state index contributed by atoms with van der Waals surface area (Å²) in [5.41, 5.74) is 4.02. The van der Waals surface area contributed by atoms with Crippen molar-refractivity contribution in [2.45, 2.75) is 33.7 Å². The largest absolute Gasteiger partial charge is 0.504 e. The van der Waals surface area contributed by atoms with Crippen LogP contribution in [-0.2, 0) is 13.0 Å². The van der Waals surface area contributed by atoms with Crippen LogP contribution in [0.4, 0.5) is 0 Å². The minimum absolute atomic E-state index is 0.176. The monoisotopic (exact) mass is 395 g/mol. The Bertz CT molecular complexity index is 1250. The van der Waals surface area contributed by atoms with Gasteiger partial charge in [-0.1, -0.05) is 6.92 Å². The lowest BCUT2D eigenvalue weighted by Gasteiger charge is -2.11. The van der Waals surface area contributed by atoms with Gasteiger partial charge < -0.3 is 14.8 Å². The average Bonchev–Trinajstić information content (AvgIpc) is 3.21. The van der Waals surface area contributed by atoms with E-state index in [1.807, 2.05) is 38.1 Å². The first kappa shape index (κ1) is 18.2. The van der Waals surface area contributed by atoms with Gasteiger partial charge in [0, 0.05) is 6.54 Å². The Morgan fingerprint density at radius 3 is 2.64 bits per heavy atom. The van der Waals surface area contributed by atoms with Crippen molar-refractivity contribution >= 4 is 23.3 Å². The number of phenolic OH excluding ortho intramolecular Hbond substituents is 2. The van der Waals surface area contributed by atoms with Crippen LogP contribution in [0.1, 0.15) is 25.2 Å². The Morgan fingerprint density at radius 2 is 1.93 bits per heavy atom. The van der Waals surface area contributed by atoms with Crippen LogP contribution in [0.25, 0.3) is 28.1 Å². The molecular formula is C20H21N5O2S. The van der Waals surface area contributed by atoms with Gasteiger partial charge in [0.1, 0.15) is 5.82 Å². The lowest BCUT2D eigenvalue weighted by atomic mass is 10.1. The van der Waals surface area contributed by atoms with E-state index in [1.165, 1.54) is 0 Å². The van der Waals surface area contributed by atoms with E-state index < -0.39 is 0 Å². The molecule has 4 aromatic rings. The second-order valence-corrected chi connectivity index (χ2v) is 7.02. The number of phenols is 2. The number of fused-ring (bicyclic) bond motifs is 1. The van der Waals surface area contributed by atoms with Crippen molar-refractivity contribution < 1.29 is 10.2 Å². The maximum absolute atomic E-state index is 10.4. The first-order valence-electron chi connectivity index (χ1n) is 9.14. The van der Waals surface area contributed by atoms with Gasteiger partial charge in [0.2, 0.25) is 0 Å². The van der Waals surface area contributed by atoms with Crippen molar-refractivity contribution in [2.24, 2.45) is 0 Å². The highest BCUT2D eigenvalue weighted by atomic mass is 32.1. The first-order chi connectivity index (χ1) is 13.4. The molecule has 0 bridgehead atoms. The normalized spacial score (nSPS) is 11.4. The molecule has 0 aliphatic heterocycles. The molecule has 0 saturated carbocycles. The molecule has 144 valence electrons. The third-order valence-corrected chi connectivity index (χ3v) is 5.24. The third kappa shape index (κ3) is 2.77. The van der Waals surface area contributed by atoms with Crippen LogP contribution >= 0.6 is 12.2 Å². The summed E-state index contributed by atoms with van der Waals surface area (Å²) in [4.78, 5) is 4.59. The summed E-state index contributed by atoms with van der Waals surface area (Å²) in [7, 11) is 0. The van der Waals surface area contributed by atoms with E-state index in [1.54, 1.807) is 10.6 Å². The Morgan fingerprint density at radius 1 is 1.14 bits per heavy atom. The van der Waals surface area contributed by atoms with E-state index >= 15 is 0 Å². The fourth-order valence-electron chi connectivity index (χ4n) is 3.54. The SMILES string of the molecule is CCc1cc(O)c(O)c(-c2n[nH]c(=S)n2-c2ccc3nc(C)n(CC)c3c2)c1. The molecule has 2 aromatic heterocycles. The van der Waals surface area contributed by atoms with Crippen molar-refractivity contribution in [3.05, 3.63) is 46.5 Å². The molecule has 8 heteroatoms. The van der Waals surface area contributed by atoms with Crippen LogP contribution in [0.5, 0.6) is 11.5 Å². The second kappa shape index (κ2) is 6.79. The summed E-state index contributed by atoms with van der Waals surface area (Å²) in [5.74, 6) is 0.989. The Hall–Kier alpha value is -3.13. The highest BCUT2D eigenvalue weighted by molar-refractivity contribution is 7.71. The number of nitrogens with one attached hydrogen (secondary N) is 1. The Labute approximate surface area is 166 Å². The molecule has 0 fully saturated rings. The zero-order chi connectivity index (χ0) is 20.0. The second-order valence-electron chi connectivity index (χ2n) is 6.63. The predicted octanol–water partition coefficient (Wildman–Crippen LogP) is 4.25. The maximum atomic E-state index is 10.4. The molecule has 0 amide bonds. The smallest absolute Gasteiger partial charge is 0.200 e. The van der Waals surface area contributed by atoms with Crippen molar-refractivity contribution in [1.82, 2.24) is 24.3 Å². The van der Waals surface area contributed by atoms with Crippen LogP contribution < -0.4 is 0 Å². The molecule has 0 radical (unpaired) electrons. The zero-order valence-electron chi connectivity index (χ0n) is 15.9. The van der Waals surface area contributed by atoms with E-state index in [4.69, 9.17) is 12.2 Å². The molecule has 7 nitrogen and oxygen atoms in total. The van der Waals surface area contributed by atoms with Crippen LogP contribution in [0.3, 0.4) is 0 Å². The summed E-state index contributed by atoms with van der Waals surface area (Å²) in [6.45, 7) is 6.85. The molecule has 0 unspecified atom stereocenters. The number of H-pyrrole nitrogens is 1. The minimum atomic E-state index is -0.219. The van der Waals surface area contributed by atoms with E-state index in [0.717, 1.165) is 34.7 Å². The number of benzene rings is 2. The molecule has 0 saturated heterocycles. The van der Waals surface area contributed by atoms with Crippen LogP contribution in [0.2, 0.25) is 0 Å². The molecule has 2 heterocycles. The quantitative estimate of drug-likeness (QED) is 0.355. The average molecular weight is 395 g/mol. The summed E-state index contributed by atoms with van der Waals surface area (Å²) in [5, 5.41) is 27.7. The van der Waals surface area contributed by atoms with Gasteiger partial charge in [-0.05, 0) is 68.4 Å². The number of nitrogens with zero attached hydrogens (tertiary/aromatic N) is 4. The third-order valence-electron chi connectivity index (χ3n) is 4.97. The standard InChI is InChI=1S/C20H21N5O2S/c1-4-12-8-14(18(27)17(26)9-12)19-22-23-20(28)25(19)13-6-7-15-16(10-13)24(5-2)11(3)21-15/h6-10,26-27H,4-5H2,1-3H3,(H,23,28). The topological polar surface area (TPSA) is 91.9 Å². The molecule has 0 aliphatic carbocycles. The molecular weight excluding hydrogens is 374 g/mol. The summed E-state index contributed by atoms with van der Waals surface area (Å²) < 4.78 is 4.28. The molecule has 0 aliphatic rings. The number of aromatic amines is 1. The number of aromatic hydroxyl groups is 2. The first-order valence-corrected chi connectivity index (χ1v) is 9.55. The molecule has 28 heavy (non-hydrogen) atoms. The highest BCUT2D eigenvalue weighted by Gasteiger charge is 2.19. The van der Waals surface area contributed by atoms with Gasteiger partial charge in [-0.3, -0.25) is 9.67 Å². The number of rotatable bonds is 4. The molecule has 2 aromatic carbocycles. The van der Waals surface area contributed by atoms with Crippen molar-refractivity contribution in [2.75, 3.05) is 0 Å². The van der Waals surface area contributed by atoms with Crippen molar-refractivity contribution in [1.29, 1.82) is 0 Å². The van der Waals surface area contributed by atoms with E-state index in [-0.39, 0.29) is 11.5 Å². The highest BCUT2D eigenvalue weighted by Crippen LogP contribution is 2.38.